The zero-order valence-corrected chi connectivity index (χ0v) is 10.3. The maximum atomic E-state index is 11.8. The minimum Gasteiger partial charge on any atom is -0.458 e. The van der Waals surface area contributed by atoms with Crippen LogP contribution in [0.15, 0.2) is 0 Å². The Balaban J connectivity index is 2.65. The highest BCUT2D eigenvalue weighted by Gasteiger charge is 2.37. The molecule has 0 aromatic carbocycles. The van der Waals surface area contributed by atoms with Gasteiger partial charge in [-0.15, -0.1) is 0 Å². The molecule has 0 N–H and O–H groups in total. The Morgan fingerprint density at radius 2 is 1.94 bits per heavy atom. The first-order valence-electron chi connectivity index (χ1n) is 5.42. The van der Waals surface area contributed by atoms with Gasteiger partial charge < -0.3 is 9.47 Å². The fraction of sp³-hybridized carbons (Fsp3) is 0.818. The van der Waals surface area contributed by atoms with Gasteiger partial charge >= 0.3 is 12.1 Å². The standard InChI is InChI=1S/C11H19NO4/c1-11(2,3)16-9(13)8-6-5-7-12(8)10(14)15-4/h8H,5-7H2,1-4H3/t8-/m0/s1. The summed E-state index contributed by atoms with van der Waals surface area (Å²) in [6.07, 6.45) is 0.983. The SMILES string of the molecule is COC(=O)N1CCC[C@H]1C(=O)OC(C)(C)C. The number of hydrogen-bond donors (Lipinski definition) is 0. The number of nitrogens with zero attached hydrogens (tertiary/aromatic N) is 1. The van der Waals surface area contributed by atoms with Crippen molar-refractivity contribution >= 4 is 12.1 Å². The summed E-state index contributed by atoms with van der Waals surface area (Å²) in [5.74, 6) is -0.351. The number of carbonyl (C=O) groups is 2. The van der Waals surface area contributed by atoms with Crippen molar-refractivity contribution in [2.24, 2.45) is 0 Å². The number of carbonyl (C=O) groups excluding carboxylic acids is 2. The van der Waals surface area contributed by atoms with Crippen LogP contribution in [0, 0.1) is 0 Å². The molecule has 0 aliphatic carbocycles. The van der Waals surface area contributed by atoms with Gasteiger partial charge in [-0.1, -0.05) is 0 Å². The van der Waals surface area contributed by atoms with Gasteiger partial charge in [-0.3, -0.25) is 4.90 Å². The van der Waals surface area contributed by atoms with Gasteiger partial charge in [0.25, 0.3) is 0 Å². The zero-order chi connectivity index (χ0) is 12.3. The van der Waals surface area contributed by atoms with Gasteiger partial charge in [0, 0.05) is 6.54 Å². The van der Waals surface area contributed by atoms with Gasteiger partial charge in [0.1, 0.15) is 11.6 Å². The smallest absolute Gasteiger partial charge is 0.410 e. The predicted molar refractivity (Wildman–Crippen MR) is 58.0 cm³/mol. The first-order chi connectivity index (χ1) is 7.35. The van der Waals surface area contributed by atoms with E-state index in [4.69, 9.17) is 4.74 Å². The molecule has 1 aliphatic heterocycles. The Bertz CT molecular complexity index is 282. The number of hydrogen-bond acceptors (Lipinski definition) is 4. The summed E-state index contributed by atoms with van der Waals surface area (Å²) in [5, 5.41) is 0. The lowest BCUT2D eigenvalue weighted by atomic mass is 10.1. The van der Waals surface area contributed by atoms with Gasteiger partial charge in [-0.25, -0.2) is 9.59 Å². The summed E-state index contributed by atoms with van der Waals surface area (Å²) in [6.45, 7) is 5.98. The summed E-state index contributed by atoms with van der Waals surface area (Å²) in [4.78, 5) is 24.6. The van der Waals surface area contributed by atoms with Crippen LogP contribution in [0.5, 0.6) is 0 Å². The minimum atomic E-state index is -0.526. The molecule has 1 rings (SSSR count). The molecule has 16 heavy (non-hydrogen) atoms. The van der Waals surface area contributed by atoms with Crippen LogP contribution in [-0.2, 0) is 14.3 Å². The van der Waals surface area contributed by atoms with Crippen LogP contribution in [0.3, 0.4) is 0 Å². The van der Waals surface area contributed by atoms with Crippen molar-refractivity contribution in [3.63, 3.8) is 0 Å². The summed E-state index contributed by atoms with van der Waals surface area (Å²) in [5.41, 5.74) is -0.526. The quantitative estimate of drug-likeness (QED) is 0.640. The largest absolute Gasteiger partial charge is 0.458 e. The number of methoxy groups -OCH3 is 1. The summed E-state index contributed by atoms with van der Waals surface area (Å²) in [6, 6.07) is -0.494. The Morgan fingerprint density at radius 1 is 1.31 bits per heavy atom. The molecule has 0 saturated carbocycles. The van der Waals surface area contributed by atoms with Crippen molar-refractivity contribution in [1.29, 1.82) is 0 Å². The Hall–Kier alpha value is -1.26. The lowest BCUT2D eigenvalue weighted by Gasteiger charge is -2.26. The Kier molecular flexibility index (Phi) is 3.78. The van der Waals surface area contributed by atoms with E-state index in [0.29, 0.717) is 13.0 Å². The van der Waals surface area contributed by atoms with E-state index in [2.05, 4.69) is 4.74 Å². The molecule has 1 atom stereocenters. The van der Waals surface area contributed by atoms with Crippen molar-refractivity contribution in [1.82, 2.24) is 4.90 Å². The molecule has 92 valence electrons. The molecule has 0 aromatic heterocycles. The van der Waals surface area contributed by atoms with E-state index < -0.39 is 17.7 Å². The molecule has 0 spiro atoms. The van der Waals surface area contributed by atoms with Gasteiger partial charge in [-0.2, -0.15) is 0 Å². The van der Waals surface area contributed by atoms with Crippen LogP contribution in [0.4, 0.5) is 4.79 Å². The molecule has 1 aliphatic rings. The van der Waals surface area contributed by atoms with Crippen LogP contribution >= 0.6 is 0 Å². The topological polar surface area (TPSA) is 55.8 Å². The Morgan fingerprint density at radius 3 is 2.44 bits per heavy atom. The maximum absolute atomic E-state index is 11.8. The normalized spacial score (nSPS) is 20.8. The molecule has 1 heterocycles. The molecule has 1 fully saturated rings. The van der Waals surface area contributed by atoms with E-state index in [9.17, 15) is 9.59 Å². The second-order valence-corrected chi connectivity index (χ2v) is 4.85. The van der Waals surface area contributed by atoms with Crippen molar-refractivity contribution in [3.05, 3.63) is 0 Å². The highest BCUT2D eigenvalue weighted by Crippen LogP contribution is 2.21. The zero-order valence-electron chi connectivity index (χ0n) is 10.3. The van der Waals surface area contributed by atoms with E-state index in [1.807, 2.05) is 20.8 Å². The first kappa shape index (κ1) is 12.8. The van der Waals surface area contributed by atoms with Crippen molar-refractivity contribution < 1.29 is 19.1 Å². The monoisotopic (exact) mass is 229 g/mol. The molecule has 1 amide bonds. The molecular formula is C11H19NO4. The van der Waals surface area contributed by atoms with Crippen LogP contribution < -0.4 is 0 Å². The molecule has 0 aromatic rings. The first-order valence-corrected chi connectivity index (χ1v) is 5.42. The molecule has 0 unspecified atom stereocenters. The average Bonchev–Trinajstić information content (AvgIpc) is 2.62. The molecule has 1 saturated heterocycles. The van der Waals surface area contributed by atoms with E-state index in [-0.39, 0.29) is 5.97 Å². The van der Waals surface area contributed by atoms with Crippen LogP contribution in [0.25, 0.3) is 0 Å². The summed E-state index contributed by atoms with van der Waals surface area (Å²) >= 11 is 0. The second kappa shape index (κ2) is 4.72. The number of ether oxygens (including phenoxy) is 2. The predicted octanol–water partition coefficient (Wildman–Crippen LogP) is 1.56. The molecule has 0 bridgehead atoms. The van der Waals surface area contributed by atoms with Crippen molar-refractivity contribution in [2.45, 2.75) is 45.3 Å². The third-order valence-electron chi connectivity index (χ3n) is 2.34. The molecule has 0 radical (unpaired) electrons. The van der Waals surface area contributed by atoms with E-state index in [1.54, 1.807) is 0 Å². The van der Waals surface area contributed by atoms with E-state index in [1.165, 1.54) is 12.0 Å². The number of rotatable bonds is 1. The fourth-order valence-corrected chi connectivity index (χ4v) is 1.72. The Labute approximate surface area is 95.7 Å². The van der Waals surface area contributed by atoms with Crippen LogP contribution in [0.1, 0.15) is 33.6 Å². The average molecular weight is 229 g/mol. The van der Waals surface area contributed by atoms with Crippen LogP contribution in [-0.4, -0.2) is 42.3 Å². The lowest BCUT2D eigenvalue weighted by Crippen LogP contribution is -2.43. The fourth-order valence-electron chi connectivity index (χ4n) is 1.72. The van der Waals surface area contributed by atoms with Gasteiger partial charge in [0.05, 0.1) is 7.11 Å². The van der Waals surface area contributed by atoms with Gasteiger partial charge in [0.2, 0.25) is 0 Å². The number of likely N-dealkylation sites (tertiary alicyclic amines) is 1. The highest BCUT2D eigenvalue weighted by molar-refractivity contribution is 5.82. The van der Waals surface area contributed by atoms with Gasteiger partial charge in [-0.05, 0) is 33.6 Å². The van der Waals surface area contributed by atoms with Gasteiger partial charge in [0.15, 0.2) is 0 Å². The second-order valence-electron chi connectivity index (χ2n) is 4.85. The minimum absolute atomic E-state index is 0.351. The van der Waals surface area contributed by atoms with E-state index in [0.717, 1.165) is 6.42 Å². The maximum Gasteiger partial charge on any atom is 0.410 e. The van der Waals surface area contributed by atoms with Crippen molar-refractivity contribution in [3.8, 4) is 0 Å². The molecule has 5 heteroatoms. The third kappa shape index (κ3) is 3.12. The summed E-state index contributed by atoms with van der Waals surface area (Å²) < 4.78 is 9.88. The summed E-state index contributed by atoms with van der Waals surface area (Å²) in [7, 11) is 1.31. The number of amides is 1. The highest BCUT2D eigenvalue weighted by atomic mass is 16.6. The lowest BCUT2D eigenvalue weighted by molar-refractivity contribution is -0.159. The number of esters is 1. The van der Waals surface area contributed by atoms with Crippen LogP contribution in [0.2, 0.25) is 0 Å². The third-order valence-corrected chi connectivity index (χ3v) is 2.34. The molecule has 5 nitrogen and oxygen atoms in total. The van der Waals surface area contributed by atoms with E-state index >= 15 is 0 Å². The van der Waals surface area contributed by atoms with Crippen molar-refractivity contribution in [2.75, 3.05) is 13.7 Å². The molecular weight excluding hydrogens is 210 g/mol.